The lowest BCUT2D eigenvalue weighted by atomic mass is 10.0. The van der Waals surface area contributed by atoms with Crippen LogP contribution in [0.4, 0.5) is 9.59 Å². The van der Waals surface area contributed by atoms with Crippen molar-refractivity contribution in [3.63, 3.8) is 0 Å². The highest BCUT2D eigenvalue weighted by atomic mass is 16.6. The molecule has 1 N–H and O–H groups in total. The number of carbonyl (C=O) groups is 2. The van der Waals surface area contributed by atoms with Gasteiger partial charge in [-0.15, -0.1) is 4.99 Å². The molecule has 1 atom stereocenters. The van der Waals surface area contributed by atoms with Crippen molar-refractivity contribution in [3.8, 4) is 22.5 Å². The Kier molecular flexibility index (Phi) is 11.0. The van der Waals surface area contributed by atoms with E-state index in [-0.39, 0.29) is 11.9 Å². The molecule has 0 bridgehead atoms. The summed E-state index contributed by atoms with van der Waals surface area (Å²) in [5.41, 5.74) is 4.29. The average Bonchev–Trinajstić information content (AvgIpc) is 3.74. The molecule has 0 aliphatic carbocycles. The summed E-state index contributed by atoms with van der Waals surface area (Å²) in [7, 11) is 0. The summed E-state index contributed by atoms with van der Waals surface area (Å²) in [5, 5.41) is 11.1. The predicted octanol–water partition coefficient (Wildman–Crippen LogP) is 7.95. The molecule has 1 saturated heterocycles. The van der Waals surface area contributed by atoms with Gasteiger partial charge in [0.2, 0.25) is 17.7 Å². The Labute approximate surface area is 292 Å². The maximum atomic E-state index is 12.6. The van der Waals surface area contributed by atoms with Gasteiger partial charge in [0.05, 0.1) is 11.6 Å². The molecule has 5 rings (SSSR count). The molecular formula is C38H44N6O6. The maximum Gasteiger partial charge on any atom is 0.437 e. The fourth-order valence-corrected chi connectivity index (χ4v) is 5.16. The molecule has 2 amide bonds. The van der Waals surface area contributed by atoms with Crippen molar-refractivity contribution in [2.45, 2.75) is 78.6 Å². The summed E-state index contributed by atoms with van der Waals surface area (Å²) >= 11 is 0. The van der Waals surface area contributed by atoms with Gasteiger partial charge in [-0.3, -0.25) is 5.32 Å². The summed E-state index contributed by atoms with van der Waals surface area (Å²) in [6, 6.07) is 26.2. The van der Waals surface area contributed by atoms with E-state index in [0.29, 0.717) is 37.8 Å². The second-order valence-electron chi connectivity index (χ2n) is 14.0. The molecule has 2 heterocycles. The number of rotatable bonds is 7. The molecule has 12 nitrogen and oxygen atoms in total. The molecule has 1 fully saturated rings. The van der Waals surface area contributed by atoms with Gasteiger partial charge in [-0.1, -0.05) is 89.2 Å². The van der Waals surface area contributed by atoms with E-state index in [1.807, 2.05) is 61.5 Å². The van der Waals surface area contributed by atoms with E-state index in [0.717, 1.165) is 28.0 Å². The third-order valence-corrected chi connectivity index (χ3v) is 7.54. The van der Waals surface area contributed by atoms with Gasteiger partial charge in [0.15, 0.2) is 0 Å². The van der Waals surface area contributed by atoms with Crippen LogP contribution in [0.1, 0.15) is 77.8 Å². The number of hydrogen-bond donors (Lipinski definition) is 1. The number of hydrogen-bond acceptors (Lipinski definition) is 9. The first-order chi connectivity index (χ1) is 23.7. The number of likely N-dealkylation sites (tertiary alicyclic amines) is 1. The highest BCUT2D eigenvalue weighted by Gasteiger charge is 2.33. The largest absolute Gasteiger partial charge is 0.444 e. The molecule has 1 aromatic heterocycles. The highest BCUT2D eigenvalue weighted by molar-refractivity contribution is 5.99. The predicted molar refractivity (Wildman–Crippen MR) is 191 cm³/mol. The maximum absolute atomic E-state index is 12.6. The van der Waals surface area contributed by atoms with E-state index in [2.05, 4.69) is 49.9 Å². The van der Waals surface area contributed by atoms with Gasteiger partial charge in [0.1, 0.15) is 17.8 Å². The average molecular weight is 681 g/mol. The highest BCUT2D eigenvalue weighted by Crippen LogP contribution is 2.28. The molecule has 1 aliphatic rings. The van der Waals surface area contributed by atoms with Crippen LogP contribution in [0.2, 0.25) is 0 Å². The van der Waals surface area contributed by atoms with Gasteiger partial charge in [0, 0.05) is 18.7 Å². The molecule has 0 radical (unpaired) electrons. The summed E-state index contributed by atoms with van der Waals surface area (Å²) in [6.45, 7) is 13.6. The molecule has 50 heavy (non-hydrogen) atoms. The third kappa shape index (κ3) is 10.2. The van der Waals surface area contributed by atoms with Crippen LogP contribution in [0, 0.1) is 0 Å². The first-order valence-corrected chi connectivity index (χ1v) is 16.5. The van der Waals surface area contributed by atoms with E-state index < -0.39 is 23.4 Å². The lowest BCUT2D eigenvalue weighted by Gasteiger charge is -2.24. The Morgan fingerprint density at radius 1 is 0.880 bits per heavy atom. The van der Waals surface area contributed by atoms with Crippen molar-refractivity contribution in [2.24, 2.45) is 10.1 Å². The van der Waals surface area contributed by atoms with Crippen molar-refractivity contribution in [1.29, 1.82) is 0 Å². The second-order valence-corrected chi connectivity index (χ2v) is 14.0. The zero-order valence-electron chi connectivity index (χ0n) is 29.6. The van der Waals surface area contributed by atoms with Gasteiger partial charge in [0.25, 0.3) is 0 Å². The summed E-state index contributed by atoms with van der Waals surface area (Å²) in [5.74, 6) is 0.780. The quantitative estimate of drug-likeness (QED) is 0.117. The van der Waals surface area contributed by atoms with E-state index in [1.165, 1.54) is 5.56 Å². The number of oxime groups is 1. The molecule has 3 aromatic carbocycles. The van der Waals surface area contributed by atoms with Gasteiger partial charge in [-0.05, 0) is 77.1 Å². The number of carbonyl (C=O) groups excluding carboxylic acids is 2. The number of nitrogens with zero attached hydrogens (tertiary/aromatic N) is 5. The van der Waals surface area contributed by atoms with Crippen LogP contribution in [0.5, 0.6) is 0 Å². The number of ether oxygens (including phenoxy) is 2. The first kappa shape index (κ1) is 35.8. The van der Waals surface area contributed by atoms with Crippen LogP contribution in [0.25, 0.3) is 22.5 Å². The molecule has 262 valence electrons. The van der Waals surface area contributed by atoms with Crippen molar-refractivity contribution in [3.05, 3.63) is 95.9 Å². The zero-order chi connectivity index (χ0) is 35.9. The fourth-order valence-electron chi connectivity index (χ4n) is 5.16. The van der Waals surface area contributed by atoms with Crippen molar-refractivity contribution < 1.29 is 28.4 Å². The van der Waals surface area contributed by atoms with E-state index in [1.54, 1.807) is 46.4 Å². The van der Waals surface area contributed by atoms with Crippen LogP contribution in [-0.2, 0) is 20.9 Å². The Hall–Kier alpha value is -5.52. The minimum absolute atomic E-state index is 0.0355. The normalized spacial score (nSPS) is 15.5. The van der Waals surface area contributed by atoms with Crippen LogP contribution in [0.3, 0.4) is 0 Å². The lowest BCUT2D eigenvalue weighted by molar-refractivity contribution is 0.0555. The minimum Gasteiger partial charge on any atom is -0.444 e. The molecule has 0 unspecified atom stereocenters. The molecule has 4 aromatic rings. The van der Waals surface area contributed by atoms with Gasteiger partial charge in [-0.25, -0.2) is 9.59 Å². The molecular weight excluding hydrogens is 636 g/mol. The number of guanidine groups is 1. The lowest BCUT2D eigenvalue weighted by Crippen LogP contribution is -2.45. The Balaban J connectivity index is 1.18. The monoisotopic (exact) mass is 680 g/mol. The second kappa shape index (κ2) is 15.4. The van der Waals surface area contributed by atoms with Gasteiger partial charge in [-0.2, -0.15) is 4.98 Å². The Bertz CT molecular complexity index is 1820. The van der Waals surface area contributed by atoms with Gasteiger partial charge < -0.3 is 23.7 Å². The standard InChI is InChI=1S/C38H44N6O6/c1-25(42-47-24-26-13-15-29(16-14-26)28-11-9-8-10-12-28)27-17-19-30(20-18-27)32-39-33(50-43-32)31-21-22-44(23-31)34(40-35(45)48-37(2,3)4)41-36(46)49-38(5,6)7/h8-20,31H,21-24H2,1-7H3,(H,40,41,45,46)/b42-25+/t31-/m1/s1. The molecule has 0 saturated carbocycles. The summed E-state index contributed by atoms with van der Waals surface area (Å²) in [4.78, 5) is 41.2. The minimum atomic E-state index is -0.823. The van der Waals surface area contributed by atoms with Crippen molar-refractivity contribution in [2.75, 3.05) is 13.1 Å². The van der Waals surface area contributed by atoms with E-state index >= 15 is 0 Å². The topological polar surface area (TPSA) is 141 Å². The first-order valence-electron chi connectivity index (χ1n) is 16.5. The van der Waals surface area contributed by atoms with Crippen molar-refractivity contribution in [1.82, 2.24) is 20.4 Å². The summed E-state index contributed by atoms with van der Waals surface area (Å²) < 4.78 is 16.4. The zero-order valence-corrected chi connectivity index (χ0v) is 29.6. The van der Waals surface area contributed by atoms with Crippen molar-refractivity contribution >= 4 is 23.9 Å². The Morgan fingerprint density at radius 2 is 1.52 bits per heavy atom. The number of aliphatic imine (C=N–C) groups is 1. The fraction of sp³-hybridized carbons (Fsp3) is 0.368. The summed E-state index contributed by atoms with van der Waals surface area (Å²) in [6.07, 6.45) is -0.917. The Morgan fingerprint density at radius 3 is 2.18 bits per heavy atom. The smallest absolute Gasteiger partial charge is 0.437 e. The van der Waals surface area contributed by atoms with E-state index in [9.17, 15) is 9.59 Å². The number of benzene rings is 3. The SMILES string of the molecule is C/C(=N\OCc1ccc(-c2ccccc2)cc1)c1ccc(-c2noc([C@@H]3CCN(C(=NC(=O)OC(C)(C)C)NC(=O)OC(C)(C)C)C3)n2)cc1. The third-order valence-electron chi connectivity index (χ3n) is 7.54. The van der Waals surface area contributed by atoms with Crippen LogP contribution >= 0.6 is 0 Å². The number of nitrogens with one attached hydrogen (secondary N) is 1. The van der Waals surface area contributed by atoms with Gasteiger partial charge >= 0.3 is 12.2 Å². The van der Waals surface area contributed by atoms with E-state index in [4.69, 9.17) is 18.8 Å². The molecule has 0 spiro atoms. The van der Waals surface area contributed by atoms with Crippen LogP contribution in [-0.4, -0.2) is 63.2 Å². The van der Waals surface area contributed by atoms with Crippen LogP contribution in [0.15, 0.2) is 93.5 Å². The molecule has 1 aliphatic heterocycles. The number of amides is 2. The number of aromatic nitrogens is 2. The molecule has 12 heteroatoms. The number of alkyl carbamates (subject to hydrolysis) is 1. The van der Waals surface area contributed by atoms with Crippen LogP contribution < -0.4 is 5.32 Å².